The molecule has 0 bridgehead atoms. The van der Waals surface area contributed by atoms with E-state index in [1.54, 1.807) is 6.92 Å². The summed E-state index contributed by atoms with van der Waals surface area (Å²) >= 11 is 0. The number of hydrogen-bond acceptors (Lipinski definition) is 4. The molecule has 0 aliphatic rings. The molecule has 0 aliphatic carbocycles. The summed E-state index contributed by atoms with van der Waals surface area (Å²) in [6.45, 7) is 2.66. The minimum absolute atomic E-state index is 0. The molecule has 0 spiro atoms. The molecule has 188 valence electrons. The Kier molecular flexibility index (Phi) is 15.0. The molecule has 5 nitrogen and oxygen atoms in total. The monoisotopic (exact) mass is 484 g/mol. The van der Waals surface area contributed by atoms with E-state index in [2.05, 4.69) is 34.3 Å². The Morgan fingerprint density at radius 1 is 0.667 bits per heavy atom. The van der Waals surface area contributed by atoms with Gasteiger partial charge in [-0.3, -0.25) is 9.59 Å². The Balaban J connectivity index is 0.000000299. The van der Waals surface area contributed by atoms with Crippen molar-refractivity contribution in [3.05, 3.63) is 144 Å². The number of nitrogens with one attached hydrogen (secondary N) is 1. The molecule has 0 atom stereocenters. The van der Waals surface area contributed by atoms with Crippen molar-refractivity contribution in [1.82, 2.24) is 5.32 Å². The minimum atomic E-state index is -0.0695. The third-order valence-electron chi connectivity index (χ3n) is 5.05. The molecule has 4 aromatic rings. The van der Waals surface area contributed by atoms with Gasteiger partial charge in [-0.15, -0.1) is 0 Å². The summed E-state index contributed by atoms with van der Waals surface area (Å²) in [6, 6.07) is 40.0. The molecule has 4 rings (SSSR count). The van der Waals surface area contributed by atoms with E-state index in [0.29, 0.717) is 13.1 Å². The van der Waals surface area contributed by atoms with Gasteiger partial charge < -0.3 is 15.8 Å². The molecule has 3 N–H and O–H groups in total. The highest BCUT2D eigenvalue weighted by molar-refractivity contribution is 5.50. The number of carbonyl (C=O) groups is 2. The average Bonchev–Trinajstić information content (AvgIpc) is 2.94. The van der Waals surface area contributed by atoms with Gasteiger partial charge in [-0.2, -0.15) is 0 Å². The van der Waals surface area contributed by atoms with Gasteiger partial charge in [-0.1, -0.05) is 129 Å². The van der Waals surface area contributed by atoms with Gasteiger partial charge in [-0.05, 0) is 29.2 Å². The molecule has 0 radical (unpaired) electrons. The lowest BCUT2D eigenvalue weighted by molar-refractivity contribution is -0.128. The van der Waals surface area contributed by atoms with Crippen molar-refractivity contribution < 1.29 is 14.3 Å². The summed E-state index contributed by atoms with van der Waals surface area (Å²) in [6.07, 6.45) is 0.741. The van der Waals surface area contributed by atoms with Crippen molar-refractivity contribution in [3.8, 4) is 0 Å². The van der Waals surface area contributed by atoms with Crippen LogP contribution < -0.4 is 11.1 Å². The van der Waals surface area contributed by atoms with Crippen molar-refractivity contribution in [3.63, 3.8) is 0 Å². The van der Waals surface area contributed by atoms with Gasteiger partial charge in [0.1, 0.15) is 0 Å². The highest BCUT2D eigenvalue weighted by atomic mass is 16.5. The van der Waals surface area contributed by atoms with Crippen LogP contribution in [0, 0.1) is 0 Å². The van der Waals surface area contributed by atoms with E-state index < -0.39 is 0 Å². The van der Waals surface area contributed by atoms with Gasteiger partial charge in [0, 0.05) is 0 Å². The lowest BCUT2D eigenvalue weighted by atomic mass is 9.99. The zero-order valence-corrected chi connectivity index (χ0v) is 19.9. The molecule has 0 fully saturated rings. The molecule has 36 heavy (non-hydrogen) atoms. The summed E-state index contributed by atoms with van der Waals surface area (Å²) in [5.74, 6) is 0. The number of amides is 1. The molecule has 0 saturated heterocycles. The molecule has 4 aromatic carbocycles. The summed E-state index contributed by atoms with van der Waals surface area (Å²) in [5.41, 5.74) is 10.6. The molecular weight excluding hydrogens is 448 g/mol. The molecule has 0 aliphatic heterocycles. The van der Waals surface area contributed by atoms with E-state index >= 15 is 0 Å². The van der Waals surface area contributed by atoms with E-state index in [1.807, 2.05) is 97.1 Å². The number of ether oxygens (including phenoxy) is 1. The minimum Gasteiger partial charge on any atom is -0.468 e. The summed E-state index contributed by atoms with van der Waals surface area (Å²) in [7, 11) is 0. The number of benzene rings is 4. The van der Waals surface area contributed by atoms with Crippen molar-refractivity contribution in [2.75, 3.05) is 6.61 Å². The molecule has 0 saturated carbocycles. The van der Waals surface area contributed by atoms with Crippen LogP contribution in [-0.2, 0) is 14.3 Å². The smallest absolute Gasteiger partial charge is 0.293 e. The van der Waals surface area contributed by atoms with Crippen LogP contribution in [-0.4, -0.2) is 19.5 Å². The van der Waals surface area contributed by atoms with Gasteiger partial charge >= 0.3 is 0 Å². The zero-order chi connectivity index (χ0) is 25.1. The second kappa shape index (κ2) is 18.2. The third-order valence-corrected chi connectivity index (χ3v) is 5.05. The predicted octanol–water partition coefficient (Wildman–Crippen LogP) is 6.07. The third kappa shape index (κ3) is 10.4. The Bertz CT molecular complexity index is 997. The first-order valence-electron chi connectivity index (χ1n) is 11.4. The fourth-order valence-corrected chi connectivity index (χ4v) is 3.33. The summed E-state index contributed by atoms with van der Waals surface area (Å²) < 4.78 is 4.15. The largest absolute Gasteiger partial charge is 0.468 e. The van der Waals surface area contributed by atoms with Crippen molar-refractivity contribution in [2.45, 2.75) is 26.4 Å². The van der Waals surface area contributed by atoms with Crippen LogP contribution >= 0.6 is 0 Å². The zero-order valence-electron chi connectivity index (χ0n) is 19.9. The average molecular weight is 485 g/mol. The summed E-state index contributed by atoms with van der Waals surface area (Å²) in [5, 5.41) is 2.83. The maximum absolute atomic E-state index is 10.7. The fraction of sp³-hybridized carbons (Fsp3) is 0.161. The van der Waals surface area contributed by atoms with E-state index in [1.165, 1.54) is 0 Å². The van der Waals surface area contributed by atoms with Crippen LogP contribution in [0.3, 0.4) is 0 Å². The highest BCUT2D eigenvalue weighted by Crippen LogP contribution is 2.21. The van der Waals surface area contributed by atoms with Crippen molar-refractivity contribution >= 4 is 12.9 Å². The highest BCUT2D eigenvalue weighted by Gasteiger charge is 2.11. The second-order valence-electron chi connectivity index (χ2n) is 7.39. The maximum Gasteiger partial charge on any atom is 0.293 e. The van der Waals surface area contributed by atoms with Crippen molar-refractivity contribution in [1.29, 1.82) is 0 Å². The van der Waals surface area contributed by atoms with E-state index in [0.717, 1.165) is 28.7 Å². The number of nitrogens with two attached hydrogens (primary N) is 1. The molecule has 5 heteroatoms. The van der Waals surface area contributed by atoms with Crippen LogP contribution in [0.25, 0.3) is 0 Å². The van der Waals surface area contributed by atoms with E-state index in [-0.39, 0.29) is 19.5 Å². The molecular formula is C31H36N2O3. The standard InChI is InChI=1S/C14H13NO.C13H13N.C3H6O2.CH4/c16-11-15-14(12-7-3-1-4-8-12)13-9-5-2-6-10-13;14-13(11-7-3-1-4-8-11)12-9-5-2-6-10-12;1-2-5-3-4;/h1-11,14H,(H,15,16);1-10,13H,14H2;3H,2H2,1H3;1H4. The molecule has 0 aromatic heterocycles. The number of rotatable bonds is 8. The maximum atomic E-state index is 10.7. The first-order chi connectivity index (χ1) is 17.2. The second-order valence-corrected chi connectivity index (χ2v) is 7.39. The lowest BCUT2D eigenvalue weighted by Crippen LogP contribution is -2.20. The van der Waals surface area contributed by atoms with Gasteiger partial charge in [0.2, 0.25) is 6.41 Å². The van der Waals surface area contributed by atoms with E-state index in [4.69, 9.17) is 5.73 Å². The number of hydrogen-bond donors (Lipinski definition) is 2. The fourth-order valence-electron chi connectivity index (χ4n) is 3.33. The lowest BCUT2D eigenvalue weighted by Gasteiger charge is -2.16. The van der Waals surface area contributed by atoms with Gasteiger partial charge in [-0.25, -0.2) is 0 Å². The molecule has 0 unspecified atom stereocenters. The first-order valence-corrected chi connectivity index (χ1v) is 11.4. The van der Waals surface area contributed by atoms with Crippen LogP contribution in [0.5, 0.6) is 0 Å². The Morgan fingerprint density at radius 2 is 1.00 bits per heavy atom. The van der Waals surface area contributed by atoms with Gasteiger partial charge in [0.25, 0.3) is 6.47 Å². The van der Waals surface area contributed by atoms with Crippen LogP contribution in [0.2, 0.25) is 0 Å². The quantitative estimate of drug-likeness (QED) is 0.297. The number of carbonyl (C=O) groups excluding carboxylic acids is 2. The topological polar surface area (TPSA) is 81.4 Å². The first kappa shape index (κ1) is 29.8. The summed E-state index contributed by atoms with van der Waals surface area (Å²) in [4.78, 5) is 19.8. The molecule has 1 amide bonds. The van der Waals surface area contributed by atoms with Gasteiger partial charge in [0.15, 0.2) is 0 Å². The van der Waals surface area contributed by atoms with Crippen LogP contribution in [0.1, 0.15) is 48.7 Å². The van der Waals surface area contributed by atoms with Crippen LogP contribution in [0.4, 0.5) is 0 Å². The predicted molar refractivity (Wildman–Crippen MR) is 147 cm³/mol. The van der Waals surface area contributed by atoms with Gasteiger partial charge in [0.05, 0.1) is 18.7 Å². The normalized spacial score (nSPS) is 9.44. The SMILES string of the molecule is C.CCOC=O.NC(c1ccccc1)c1ccccc1.O=CNC(c1ccccc1)c1ccccc1. The van der Waals surface area contributed by atoms with Crippen LogP contribution in [0.15, 0.2) is 121 Å². The van der Waals surface area contributed by atoms with E-state index in [9.17, 15) is 9.59 Å². The Labute approximate surface area is 215 Å². The Hall–Kier alpha value is -4.22. The Morgan fingerprint density at radius 3 is 1.25 bits per heavy atom. The van der Waals surface area contributed by atoms with Crippen molar-refractivity contribution in [2.24, 2.45) is 5.73 Å². The molecule has 0 heterocycles.